The van der Waals surface area contributed by atoms with Crippen LogP contribution in [-0.4, -0.2) is 19.9 Å². The van der Waals surface area contributed by atoms with E-state index in [4.69, 9.17) is 9.47 Å². The first-order valence-electron chi connectivity index (χ1n) is 5.78. The molecule has 1 unspecified atom stereocenters. The van der Waals surface area contributed by atoms with Crippen LogP contribution in [-0.2, 0) is 4.74 Å². The molecule has 2 rings (SSSR count). The van der Waals surface area contributed by atoms with E-state index in [0.29, 0.717) is 13.3 Å². The third-order valence-corrected chi connectivity index (χ3v) is 2.93. The lowest BCUT2D eigenvalue weighted by atomic mass is 10.00. The van der Waals surface area contributed by atoms with Gasteiger partial charge in [-0.05, 0) is 49.6 Å². The van der Waals surface area contributed by atoms with Crippen LogP contribution in [0, 0.1) is 13.8 Å². The maximum Gasteiger partial charge on any atom is 0.122 e. The van der Waals surface area contributed by atoms with Crippen molar-refractivity contribution in [2.45, 2.75) is 26.9 Å². The van der Waals surface area contributed by atoms with E-state index < -0.39 is 0 Å². The van der Waals surface area contributed by atoms with E-state index in [0.717, 1.165) is 12.3 Å². The van der Waals surface area contributed by atoms with Gasteiger partial charge in [0.1, 0.15) is 5.75 Å². The highest BCUT2D eigenvalue weighted by molar-refractivity contribution is 5.42. The molecule has 0 spiro atoms. The number of rotatable bonds is 3. The topological polar surface area (TPSA) is 30.5 Å². The van der Waals surface area contributed by atoms with Gasteiger partial charge in [0.15, 0.2) is 0 Å². The van der Waals surface area contributed by atoms with Crippen molar-refractivity contribution in [3.63, 3.8) is 0 Å². The molecule has 0 aliphatic carbocycles. The Bertz CT molecular complexity index is 370. The van der Waals surface area contributed by atoms with Crippen LogP contribution in [0.1, 0.15) is 29.7 Å². The normalized spacial score (nSPS) is 20.1. The number of ether oxygens (including phenoxy) is 2. The molecule has 1 aliphatic rings. The molecule has 0 bridgehead atoms. The first-order valence-corrected chi connectivity index (χ1v) is 5.78. The Hall–Kier alpha value is -1.06. The van der Waals surface area contributed by atoms with Gasteiger partial charge in [-0.1, -0.05) is 0 Å². The van der Waals surface area contributed by atoms with Crippen LogP contribution in [0.4, 0.5) is 0 Å². The van der Waals surface area contributed by atoms with E-state index in [9.17, 15) is 0 Å². The molecule has 0 radical (unpaired) electrons. The number of aryl methyl sites for hydroxylation is 2. The second kappa shape index (κ2) is 4.85. The Labute approximate surface area is 96.8 Å². The SMILES string of the molecule is CCOc1cc(C)c(C2CNCO2)cc1C. The summed E-state index contributed by atoms with van der Waals surface area (Å²) in [6.07, 6.45) is 0.189. The number of hydrogen-bond donors (Lipinski definition) is 1. The second-order valence-corrected chi connectivity index (χ2v) is 4.16. The van der Waals surface area contributed by atoms with E-state index in [1.165, 1.54) is 16.7 Å². The third kappa shape index (κ3) is 2.20. The van der Waals surface area contributed by atoms with Crippen molar-refractivity contribution in [2.24, 2.45) is 0 Å². The molecule has 0 amide bonds. The zero-order valence-corrected chi connectivity index (χ0v) is 10.2. The summed E-state index contributed by atoms with van der Waals surface area (Å²) < 4.78 is 11.2. The Kier molecular flexibility index (Phi) is 3.46. The quantitative estimate of drug-likeness (QED) is 0.849. The molecule has 1 N–H and O–H groups in total. The maximum atomic E-state index is 5.62. The first-order chi connectivity index (χ1) is 7.72. The first kappa shape index (κ1) is 11.4. The molecule has 1 atom stereocenters. The van der Waals surface area contributed by atoms with Crippen molar-refractivity contribution in [3.05, 3.63) is 28.8 Å². The molecule has 3 heteroatoms. The molecule has 3 nitrogen and oxygen atoms in total. The van der Waals surface area contributed by atoms with Gasteiger partial charge in [0, 0.05) is 6.54 Å². The van der Waals surface area contributed by atoms with E-state index >= 15 is 0 Å². The van der Waals surface area contributed by atoms with Crippen LogP contribution in [0.2, 0.25) is 0 Å². The molecule has 1 aromatic rings. The molecule has 88 valence electrons. The zero-order valence-electron chi connectivity index (χ0n) is 10.2. The molecule has 16 heavy (non-hydrogen) atoms. The summed E-state index contributed by atoms with van der Waals surface area (Å²) in [5.41, 5.74) is 3.69. The molecular formula is C13H19NO2. The maximum absolute atomic E-state index is 5.62. The molecular weight excluding hydrogens is 202 g/mol. The second-order valence-electron chi connectivity index (χ2n) is 4.16. The van der Waals surface area contributed by atoms with Crippen molar-refractivity contribution in [3.8, 4) is 5.75 Å². The Morgan fingerprint density at radius 2 is 2.19 bits per heavy atom. The zero-order chi connectivity index (χ0) is 11.5. The minimum atomic E-state index is 0.189. The van der Waals surface area contributed by atoms with Gasteiger partial charge >= 0.3 is 0 Å². The smallest absolute Gasteiger partial charge is 0.122 e. The highest BCUT2D eigenvalue weighted by Crippen LogP contribution is 2.29. The fraction of sp³-hybridized carbons (Fsp3) is 0.538. The summed E-state index contributed by atoms with van der Waals surface area (Å²) in [7, 11) is 0. The van der Waals surface area contributed by atoms with Gasteiger partial charge in [-0.25, -0.2) is 0 Å². The minimum Gasteiger partial charge on any atom is -0.494 e. The predicted octanol–water partition coefficient (Wildman–Crippen LogP) is 2.32. The Morgan fingerprint density at radius 1 is 1.38 bits per heavy atom. The summed E-state index contributed by atoms with van der Waals surface area (Å²) in [5.74, 6) is 0.981. The average molecular weight is 221 g/mol. The lowest BCUT2D eigenvalue weighted by molar-refractivity contribution is 0.113. The predicted molar refractivity (Wildman–Crippen MR) is 63.8 cm³/mol. The van der Waals surface area contributed by atoms with Crippen LogP contribution >= 0.6 is 0 Å². The van der Waals surface area contributed by atoms with Gasteiger partial charge < -0.3 is 9.47 Å². The van der Waals surface area contributed by atoms with E-state index in [-0.39, 0.29) is 6.10 Å². The summed E-state index contributed by atoms with van der Waals surface area (Å²) in [5, 5.41) is 3.20. The molecule has 1 saturated heterocycles. The van der Waals surface area contributed by atoms with Crippen LogP contribution < -0.4 is 10.1 Å². The monoisotopic (exact) mass is 221 g/mol. The number of hydrogen-bond acceptors (Lipinski definition) is 3. The summed E-state index contributed by atoms with van der Waals surface area (Å²) in [4.78, 5) is 0. The van der Waals surface area contributed by atoms with Crippen molar-refractivity contribution >= 4 is 0 Å². The van der Waals surface area contributed by atoms with Crippen LogP contribution in [0.5, 0.6) is 5.75 Å². The summed E-state index contributed by atoms with van der Waals surface area (Å²) in [6, 6.07) is 4.29. The van der Waals surface area contributed by atoms with Crippen molar-refractivity contribution in [1.29, 1.82) is 0 Å². The van der Waals surface area contributed by atoms with Crippen molar-refractivity contribution < 1.29 is 9.47 Å². The van der Waals surface area contributed by atoms with Gasteiger partial charge in [-0.2, -0.15) is 0 Å². The molecule has 1 aliphatic heterocycles. The summed E-state index contributed by atoms with van der Waals surface area (Å²) >= 11 is 0. The van der Waals surface area contributed by atoms with Crippen LogP contribution in [0.25, 0.3) is 0 Å². The Morgan fingerprint density at radius 3 is 2.81 bits per heavy atom. The highest BCUT2D eigenvalue weighted by Gasteiger charge is 2.20. The minimum absolute atomic E-state index is 0.189. The van der Waals surface area contributed by atoms with Gasteiger partial charge in [-0.15, -0.1) is 0 Å². The fourth-order valence-electron chi connectivity index (χ4n) is 2.08. The van der Waals surface area contributed by atoms with Crippen molar-refractivity contribution in [2.75, 3.05) is 19.9 Å². The summed E-state index contributed by atoms with van der Waals surface area (Å²) in [6.45, 7) is 8.45. The van der Waals surface area contributed by atoms with E-state index in [2.05, 4.69) is 31.3 Å². The molecule has 1 aromatic carbocycles. The Balaban J connectivity index is 2.29. The standard InChI is InChI=1S/C13H19NO2/c1-4-15-12-6-9(2)11(5-10(12)3)13-7-14-8-16-13/h5-6,13-14H,4,7-8H2,1-3H3. The largest absolute Gasteiger partial charge is 0.494 e. The third-order valence-electron chi connectivity index (χ3n) is 2.93. The highest BCUT2D eigenvalue weighted by atomic mass is 16.5. The van der Waals surface area contributed by atoms with Gasteiger partial charge in [0.05, 0.1) is 19.4 Å². The van der Waals surface area contributed by atoms with Crippen LogP contribution in [0.15, 0.2) is 12.1 Å². The van der Waals surface area contributed by atoms with E-state index in [1.807, 2.05) is 6.92 Å². The van der Waals surface area contributed by atoms with Crippen molar-refractivity contribution in [1.82, 2.24) is 5.32 Å². The van der Waals surface area contributed by atoms with Gasteiger partial charge in [0.2, 0.25) is 0 Å². The lowest BCUT2D eigenvalue weighted by Gasteiger charge is -2.16. The van der Waals surface area contributed by atoms with E-state index in [1.54, 1.807) is 0 Å². The average Bonchev–Trinajstić information content (AvgIpc) is 2.76. The fourth-order valence-corrected chi connectivity index (χ4v) is 2.08. The number of nitrogens with one attached hydrogen (secondary N) is 1. The van der Waals surface area contributed by atoms with Crippen LogP contribution in [0.3, 0.4) is 0 Å². The van der Waals surface area contributed by atoms with Gasteiger partial charge in [0.25, 0.3) is 0 Å². The molecule has 1 fully saturated rings. The number of benzene rings is 1. The molecule has 0 saturated carbocycles. The molecule has 1 heterocycles. The lowest BCUT2D eigenvalue weighted by Crippen LogP contribution is -2.09. The molecule has 0 aromatic heterocycles. The van der Waals surface area contributed by atoms with Gasteiger partial charge in [-0.3, -0.25) is 5.32 Å².